The molecule has 3 aliphatic carbocycles. The highest BCUT2D eigenvalue weighted by Gasteiger charge is 2.63. The molecule has 0 spiro atoms. The maximum Gasteiger partial charge on any atom is 0.313 e. The second-order valence-electron chi connectivity index (χ2n) is 11.8. The molecule has 0 aromatic carbocycles. The lowest BCUT2D eigenvalue weighted by molar-refractivity contribution is -0.184. The Balaban J connectivity index is 1.19. The van der Waals surface area contributed by atoms with Crippen LogP contribution in [0.3, 0.4) is 0 Å². The fourth-order valence-corrected chi connectivity index (χ4v) is 8.76. The van der Waals surface area contributed by atoms with Crippen molar-refractivity contribution in [3.05, 3.63) is 0 Å². The van der Waals surface area contributed by atoms with Gasteiger partial charge in [0, 0.05) is 0 Å². The van der Waals surface area contributed by atoms with Gasteiger partial charge in [-0.1, -0.05) is 47.5 Å². The van der Waals surface area contributed by atoms with Crippen molar-refractivity contribution in [2.45, 2.75) is 97.9 Å². The van der Waals surface area contributed by atoms with Crippen LogP contribution in [0.2, 0.25) is 0 Å². The van der Waals surface area contributed by atoms with Gasteiger partial charge in [-0.2, -0.15) is 0 Å². The summed E-state index contributed by atoms with van der Waals surface area (Å²) < 4.78 is 18.3. The normalized spacial score (nSPS) is 51.6. The summed E-state index contributed by atoms with van der Waals surface area (Å²) in [5.74, 6) is 3.29. The smallest absolute Gasteiger partial charge is 0.313 e. The molecule has 29 heavy (non-hydrogen) atoms. The van der Waals surface area contributed by atoms with E-state index in [1.165, 1.54) is 38.5 Å². The Morgan fingerprint density at radius 3 is 2.45 bits per heavy atom. The van der Waals surface area contributed by atoms with Gasteiger partial charge in [0.25, 0.3) is 0 Å². The van der Waals surface area contributed by atoms with E-state index in [-0.39, 0.29) is 47.8 Å². The fourth-order valence-electron chi connectivity index (χ4n) is 8.76. The zero-order valence-electron chi connectivity index (χ0n) is 19.0. The predicted molar refractivity (Wildman–Crippen MR) is 111 cm³/mol. The second-order valence-corrected chi connectivity index (χ2v) is 11.8. The summed E-state index contributed by atoms with van der Waals surface area (Å²) in [6.45, 7) is 11.7. The molecule has 3 saturated carbocycles. The third-order valence-electron chi connectivity index (χ3n) is 10.1. The molecule has 164 valence electrons. The van der Waals surface area contributed by atoms with Crippen LogP contribution in [0.4, 0.5) is 0 Å². The monoisotopic (exact) mass is 404 g/mol. The average Bonchev–Trinajstić information content (AvgIpc) is 3.45. The maximum absolute atomic E-state index is 13.0. The van der Waals surface area contributed by atoms with Crippen LogP contribution in [0.25, 0.3) is 0 Å². The lowest BCUT2D eigenvalue weighted by Crippen LogP contribution is -2.43. The zero-order chi connectivity index (χ0) is 20.6. The zero-order valence-corrected chi connectivity index (χ0v) is 19.0. The molecular formula is C25H40O4. The van der Waals surface area contributed by atoms with E-state index >= 15 is 0 Å². The number of esters is 1. The topological polar surface area (TPSA) is 44.8 Å². The van der Waals surface area contributed by atoms with Crippen LogP contribution >= 0.6 is 0 Å². The Bertz CT molecular complexity index is 654. The molecule has 4 nitrogen and oxygen atoms in total. The van der Waals surface area contributed by atoms with E-state index in [2.05, 4.69) is 34.6 Å². The largest absolute Gasteiger partial charge is 0.438 e. The Morgan fingerprint density at radius 2 is 1.79 bits per heavy atom. The summed E-state index contributed by atoms with van der Waals surface area (Å²) in [5, 5.41) is 0. The standard InChI is InChI=1S/C25H40O4/c1-6-14-10-15(7-2)20-19(14)18-11-17(21(20)29-18)22(26)27-13-28-23-24(3,4)16-8-9-25(23,5)12-16/h14-21,23H,6-13H2,1-5H3. The average molecular weight is 405 g/mol. The Hall–Kier alpha value is -0.610. The molecule has 0 amide bonds. The van der Waals surface area contributed by atoms with Crippen molar-refractivity contribution in [1.29, 1.82) is 0 Å². The molecule has 2 heterocycles. The van der Waals surface area contributed by atoms with Crippen LogP contribution < -0.4 is 0 Å². The molecule has 5 aliphatic rings. The minimum absolute atomic E-state index is 0.0791. The highest BCUT2D eigenvalue weighted by atomic mass is 16.7. The molecule has 10 atom stereocenters. The number of fused-ring (bicyclic) bond motifs is 7. The van der Waals surface area contributed by atoms with Gasteiger partial charge >= 0.3 is 5.97 Å². The van der Waals surface area contributed by atoms with Crippen molar-refractivity contribution in [1.82, 2.24) is 0 Å². The fraction of sp³-hybridized carbons (Fsp3) is 0.960. The molecule has 0 aromatic heterocycles. The highest BCUT2D eigenvalue weighted by molar-refractivity contribution is 5.74. The minimum atomic E-state index is -0.0862. The first-order chi connectivity index (χ1) is 13.8. The molecule has 0 aromatic rings. The maximum atomic E-state index is 13.0. The molecule has 10 unspecified atom stereocenters. The number of ether oxygens (including phenoxy) is 3. The summed E-state index contributed by atoms with van der Waals surface area (Å²) in [6.07, 6.45) is 8.95. The second kappa shape index (κ2) is 6.95. The van der Waals surface area contributed by atoms with E-state index in [0.717, 1.165) is 18.3 Å². The lowest BCUT2D eigenvalue weighted by Gasteiger charge is -2.42. The van der Waals surface area contributed by atoms with Gasteiger partial charge in [0.2, 0.25) is 0 Å². The molecule has 5 fully saturated rings. The summed E-state index contributed by atoms with van der Waals surface area (Å²) in [5.41, 5.74) is 0.423. The predicted octanol–water partition coefficient (Wildman–Crippen LogP) is 5.19. The van der Waals surface area contributed by atoms with Crippen LogP contribution in [0.1, 0.15) is 79.6 Å². The Morgan fingerprint density at radius 1 is 1.07 bits per heavy atom. The van der Waals surface area contributed by atoms with E-state index in [1.807, 2.05) is 0 Å². The molecule has 0 radical (unpaired) electrons. The number of hydrogen-bond donors (Lipinski definition) is 0. The van der Waals surface area contributed by atoms with Crippen molar-refractivity contribution in [3.8, 4) is 0 Å². The number of carbonyl (C=O) groups is 1. The van der Waals surface area contributed by atoms with Gasteiger partial charge in [-0.25, -0.2) is 0 Å². The molecule has 4 heteroatoms. The van der Waals surface area contributed by atoms with Crippen molar-refractivity contribution < 1.29 is 19.0 Å². The van der Waals surface area contributed by atoms with Gasteiger partial charge in [0.05, 0.1) is 24.2 Å². The quantitative estimate of drug-likeness (QED) is 0.451. The first kappa shape index (κ1) is 20.3. The third-order valence-corrected chi connectivity index (χ3v) is 10.1. The minimum Gasteiger partial charge on any atom is -0.438 e. The van der Waals surface area contributed by atoms with Gasteiger partial charge in [0.15, 0.2) is 6.79 Å². The van der Waals surface area contributed by atoms with Gasteiger partial charge in [0.1, 0.15) is 0 Å². The van der Waals surface area contributed by atoms with E-state index in [4.69, 9.17) is 14.2 Å². The number of carbonyl (C=O) groups excluding carboxylic acids is 1. The summed E-state index contributed by atoms with van der Waals surface area (Å²) >= 11 is 0. The molecule has 4 bridgehead atoms. The molecular weight excluding hydrogens is 364 g/mol. The SMILES string of the molecule is CCC1CC(CC)C2C3OC(CC3C(=O)OCOC3C4(C)CCC(C4)C3(C)C)C12. The van der Waals surface area contributed by atoms with Crippen LogP contribution in [0, 0.1) is 46.3 Å². The first-order valence-corrected chi connectivity index (χ1v) is 12.2. The van der Waals surface area contributed by atoms with Gasteiger partial charge in [-0.3, -0.25) is 4.79 Å². The third kappa shape index (κ3) is 2.87. The lowest BCUT2D eigenvalue weighted by atomic mass is 9.70. The molecule has 2 saturated heterocycles. The molecule has 5 rings (SSSR count). The van der Waals surface area contributed by atoms with E-state index in [9.17, 15) is 4.79 Å². The summed E-state index contributed by atoms with van der Waals surface area (Å²) in [7, 11) is 0. The summed E-state index contributed by atoms with van der Waals surface area (Å²) in [4.78, 5) is 13.0. The van der Waals surface area contributed by atoms with Crippen LogP contribution in [0.5, 0.6) is 0 Å². The van der Waals surface area contributed by atoms with Crippen molar-refractivity contribution >= 4 is 5.97 Å². The van der Waals surface area contributed by atoms with Gasteiger partial charge in [-0.15, -0.1) is 0 Å². The Labute approximate surface area is 176 Å². The van der Waals surface area contributed by atoms with Gasteiger partial charge < -0.3 is 14.2 Å². The molecule has 0 N–H and O–H groups in total. The summed E-state index contributed by atoms with van der Waals surface area (Å²) in [6, 6.07) is 0. The van der Waals surface area contributed by atoms with E-state index in [1.54, 1.807) is 0 Å². The van der Waals surface area contributed by atoms with Crippen molar-refractivity contribution in [2.24, 2.45) is 46.3 Å². The van der Waals surface area contributed by atoms with Gasteiger partial charge in [-0.05, 0) is 72.5 Å². The van der Waals surface area contributed by atoms with Crippen molar-refractivity contribution in [2.75, 3.05) is 6.79 Å². The Kier molecular flexibility index (Phi) is 4.87. The molecule has 2 aliphatic heterocycles. The van der Waals surface area contributed by atoms with Crippen molar-refractivity contribution in [3.63, 3.8) is 0 Å². The van der Waals surface area contributed by atoms with Crippen LogP contribution in [-0.4, -0.2) is 31.1 Å². The first-order valence-electron chi connectivity index (χ1n) is 12.2. The van der Waals surface area contributed by atoms with Crippen LogP contribution in [0.15, 0.2) is 0 Å². The highest BCUT2D eigenvalue weighted by Crippen LogP contribution is 2.63. The van der Waals surface area contributed by atoms with E-state index in [0.29, 0.717) is 17.8 Å². The number of rotatable bonds is 6. The van der Waals surface area contributed by atoms with E-state index < -0.39 is 0 Å². The number of hydrogen-bond acceptors (Lipinski definition) is 4. The van der Waals surface area contributed by atoms with Crippen LogP contribution in [-0.2, 0) is 19.0 Å².